The van der Waals surface area contributed by atoms with E-state index < -0.39 is 17.6 Å². The molecule has 0 radical (unpaired) electrons. The van der Waals surface area contributed by atoms with Crippen molar-refractivity contribution in [2.75, 3.05) is 6.61 Å². The van der Waals surface area contributed by atoms with Crippen molar-refractivity contribution >= 4 is 18.0 Å². The minimum absolute atomic E-state index is 0.00755. The first-order chi connectivity index (χ1) is 16.4. The van der Waals surface area contributed by atoms with Crippen LogP contribution >= 0.6 is 0 Å². The first-order valence-electron chi connectivity index (χ1n) is 12.1. The van der Waals surface area contributed by atoms with Crippen LogP contribution in [0.4, 0.5) is 4.79 Å². The summed E-state index contributed by atoms with van der Waals surface area (Å²) in [6.45, 7) is 0.258. The number of carboxylic acids is 1. The number of aliphatic carboxylic acids is 1. The van der Waals surface area contributed by atoms with Crippen LogP contribution in [0.5, 0.6) is 0 Å². The quantitative estimate of drug-likeness (QED) is 0.572. The van der Waals surface area contributed by atoms with Gasteiger partial charge in [-0.05, 0) is 60.8 Å². The Morgan fingerprint density at radius 2 is 1.62 bits per heavy atom. The lowest BCUT2D eigenvalue weighted by Gasteiger charge is -2.42. The summed E-state index contributed by atoms with van der Waals surface area (Å²) in [4.78, 5) is 36.5. The monoisotopic (exact) mass is 462 g/mol. The highest BCUT2D eigenvalue weighted by molar-refractivity contribution is 5.81. The molecule has 0 aliphatic heterocycles. The zero-order valence-corrected chi connectivity index (χ0v) is 19.1. The molecule has 5 rings (SSSR count). The maximum atomic E-state index is 12.8. The third kappa shape index (κ3) is 4.39. The number of ether oxygens (including phenoxy) is 1. The minimum Gasteiger partial charge on any atom is -0.481 e. The van der Waals surface area contributed by atoms with Gasteiger partial charge in [0.2, 0.25) is 5.91 Å². The van der Waals surface area contributed by atoms with Gasteiger partial charge in [0.15, 0.2) is 0 Å². The number of carbonyl (C=O) groups excluding carboxylic acids is 2. The molecule has 2 atom stereocenters. The predicted molar refractivity (Wildman–Crippen MR) is 126 cm³/mol. The van der Waals surface area contributed by atoms with Crippen molar-refractivity contribution in [1.29, 1.82) is 0 Å². The largest absolute Gasteiger partial charge is 0.481 e. The third-order valence-corrected chi connectivity index (χ3v) is 7.66. The molecule has 0 aromatic heterocycles. The van der Waals surface area contributed by atoms with Gasteiger partial charge in [0, 0.05) is 17.9 Å². The average molecular weight is 463 g/mol. The number of nitrogens with one attached hydrogen (secondary N) is 2. The van der Waals surface area contributed by atoms with Gasteiger partial charge in [0.25, 0.3) is 0 Å². The van der Waals surface area contributed by atoms with Crippen LogP contribution in [0.1, 0.15) is 62.0 Å². The molecule has 0 spiro atoms. The highest BCUT2D eigenvalue weighted by atomic mass is 16.5. The van der Waals surface area contributed by atoms with E-state index in [-0.39, 0.29) is 36.8 Å². The van der Waals surface area contributed by atoms with Crippen LogP contribution in [-0.4, -0.2) is 41.3 Å². The maximum absolute atomic E-state index is 12.8. The Morgan fingerprint density at radius 1 is 0.971 bits per heavy atom. The molecule has 3 aliphatic carbocycles. The van der Waals surface area contributed by atoms with Crippen LogP contribution in [0.15, 0.2) is 48.5 Å². The molecule has 2 aromatic rings. The number of benzene rings is 2. The summed E-state index contributed by atoms with van der Waals surface area (Å²) in [5.74, 6) is -1.20. The van der Waals surface area contributed by atoms with Gasteiger partial charge in [0.05, 0.1) is 12.0 Å². The number of carboxylic acid groups (broad SMARTS) is 1. The number of hydrogen-bond donors (Lipinski definition) is 3. The summed E-state index contributed by atoms with van der Waals surface area (Å²) in [6.07, 6.45) is 3.76. The van der Waals surface area contributed by atoms with Crippen LogP contribution in [0, 0.1) is 5.92 Å². The molecular weight excluding hydrogens is 432 g/mol. The van der Waals surface area contributed by atoms with Crippen LogP contribution in [0.2, 0.25) is 0 Å². The highest BCUT2D eigenvalue weighted by Crippen LogP contribution is 2.44. The molecule has 178 valence electrons. The molecule has 2 aromatic carbocycles. The summed E-state index contributed by atoms with van der Waals surface area (Å²) >= 11 is 0. The molecule has 2 saturated carbocycles. The van der Waals surface area contributed by atoms with E-state index >= 15 is 0 Å². The molecule has 2 fully saturated rings. The SMILES string of the molecule is O=C(O)CC1(NC(=O)[C@H]2CC[C@@H](NC(=O)OCC3c4ccccc4-c4ccccc43)C2)CCC1. The van der Waals surface area contributed by atoms with Gasteiger partial charge >= 0.3 is 12.1 Å². The van der Waals surface area contributed by atoms with Crippen molar-refractivity contribution in [3.05, 3.63) is 59.7 Å². The lowest BCUT2D eigenvalue weighted by molar-refractivity contribution is -0.140. The van der Waals surface area contributed by atoms with Crippen molar-refractivity contribution in [3.63, 3.8) is 0 Å². The van der Waals surface area contributed by atoms with Gasteiger partial charge in [-0.15, -0.1) is 0 Å². The smallest absolute Gasteiger partial charge is 0.407 e. The summed E-state index contributed by atoms with van der Waals surface area (Å²) in [6, 6.07) is 16.3. The van der Waals surface area contributed by atoms with Crippen molar-refractivity contribution in [1.82, 2.24) is 10.6 Å². The first kappa shape index (κ1) is 22.4. The normalized spacial score (nSPS) is 22.2. The number of fused-ring (bicyclic) bond motifs is 3. The first-order valence-corrected chi connectivity index (χ1v) is 12.1. The van der Waals surface area contributed by atoms with Gasteiger partial charge in [-0.1, -0.05) is 48.5 Å². The molecule has 3 N–H and O–H groups in total. The molecule has 34 heavy (non-hydrogen) atoms. The van der Waals surface area contributed by atoms with Gasteiger partial charge in [-0.2, -0.15) is 0 Å². The molecule has 0 bridgehead atoms. The number of amides is 2. The number of hydrogen-bond acceptors (Lipinski definition) is 4. The van der Waals surface area contributed by atoms with E-state index in [1.807, 2.05) is 24.3 Å². The molecule has 0 unspecified atom stereocenters. The molecular formula is C27H30N2O5. The molecule has 3 aliphatic rings. The predicted octanol–water partition coefficient (Wildman–Crippen LogP) is 4.21. The van der Waals surface area contributed by atoms with Gasteiger partial charge in [0.1, 0.15) is 6.61 Å². The fourth-order valence-corrected chi connectivity index (χ4v) is 5.76. The second kappa shape index (κ2) is 9.12. The third-order valence-electron chi connectivity index (χ3n) is 7.66. The average Bonchev–Trinajstić information content (AvgIpc) is 3.39. The summed E-state index contributed by atoms with van der Waals surface area (Å²) in [5.41, 5.74) is 4.11. The van der Waals surface area contributed by atoms with Crippen LogP contribution in [-0.2, 0) is 14.3 Å². The van der Waals surface area contributed by atoms with Crippen molar-refractivity contribution in [2.24, 2.45) is 5.92 Å². The Bertz CT molecular complexity index is 1060. The van der Waals surface area contributed by atoms with Gasteiger partial charge in [-0.25, -0.2) is 4.79 Å². The zero-order valence-electron chi connectivity index (χ0n) is 19.1. The maximum Gasteiger partial charge on any atom is 0.407 e. The molecule has 0 heterocycles. The Morgan fingerprint density at radius 3 is 2.21 bits per heavy atom. The number of alkyl carbamates (subject to hydrolysis) is 1. The van der Waals surface area contributed by atoms with Crippen LogP contribution in [0.25, 0.3) is 11.1 Å². The summed E-state index contributed by atoms with van der Waals surface area (Å²) in [5, 5.41) is 15.1. The second-order valence-corrected chi connectivity index (χ2v) is 9.87. The molecule has 2 amide bonds. The molecule has 7 heteroatoms. The van der Waals surface area contributed by atoms with E-state index in [2.05, 4.69) is 34.9 Å². The Hall–Kier alpha value is -3.35. The van der Waals surface area contributed by atoms with Gasteiger partial charge in [-0.3, -0.25) is 9.59 Å². The van der Waals surface area contributed by atoms with Crippen LogP contribution in [0.3, 0.4) is 0 Å². The number of carbonyl (C=O) groups is 3. The van der Waals surface area contributed by atoms with Crippen molar-refractivity contribution in [2.45, 2.75) is 62.4 Å². The van der Waals surface area contributed by atoms with E-state index in [1.54, 1.807) is 0 Å². The number of rotatable bonds is 7. The van der Waals surface area contributed by atoms with E-state index in [1.165, 1.54) is 22.3 Å². The highest BCUT2D eigenvalue weighted by Gasteiger charge is 2.42. The van der Waals surface area contributed by atoms with Crippen molar-refractivity contribution in [3.8, 4) is 11.1 Å². The Labute approximate surface area is 198 Å². The molecule has 7 nitrogen and oxygen atoms in total. The van der Waals surface area contributed by atoms with E-state index in [4.69, 9.17) is 9.84 Å². The lowest BCUT2D eigenvalue weighted by Crippen LogP contribution is -2.56. The van der Waals surface area contributed by atoms with E-state index in [9.17, 15) is 14.4 Å². The van der Waals surface area contributed by atoms with E-state index in [0.717, 1.165) is 6.42 Å². The van der Waals surface area contributed by atoms with E-state index in [0.29, 0.717) is 32.1 Å². The minimum atomic E-state index is -0.888. The Kier molecular flexibility index (Phi) is 6.02. The topological polar surface area (TPSA) is 105 Å². The van der Waals surface area contributed by atoms with Crippen molar-refractivity contribution < 1.29 is 24.2 Å². The molecule has 0 saturated heterocycles. The second-order valence-electron chi connectivity index (χ2n) is 9.87. The fraction of sp³-hybridized carbons (Fsp3) is 0.444. The zero-order chi connectivity index (χ0) is 23.7. The summed E-state index contributed by atoms with van der Waals surface area (Å²) in [7, 11) is 0. The lowest BCUT2D eigenvalue weighted by atomic mass is 9.74. The van der Waals surface area contributed by atoms with Crippen LogP contribution < -0.4 is 10.6 Å². The summed E-state index contributed by atoms with van der Waals surface area (Å²) < 4.78 is 5.63. The van der Waals surface area contributed by atoms with Gasteiger partial charge < -0.3 is 20.5 Å². The Balaban J connectivity index is 1.13. The fourth-order valence-electron chi connectivity index (χ4n) is 5.76. The standard InChI is InChI=1S/C27H30N2O5/c30-24(31)15-27(12-5-13-27)29-25(32)17-10-11-18(14-17)28-26(33)34-16-23-21-8-3-1-6-19(21)20-7-2-4-9-22(20)23/h1-4,6-9,17-18,23H,5,10-16H2,(H,28,33)(H,29,32)(H,30,31)/t17-,18+/m0/s1.